The number of rotatable bonds is 9. The number of methoxy groups -OCH3 is 2. The highest BCUT2D eigenvalue weighted by atomic mass is 127. The number of guanidine groups is 1. The summed E-state index contributed by atoms with van der Waals surface area (Å²) in [4.78, 5) is 7.27. The average molecular weight is 553 g/mol. The minimum absolute atomic E-state index is 0. The van der Waals surface area contributed by atoms with Gasteiger partial charge < -0.3 is 20.1 Å². The maximum atomic E-state index is 5.39. The average Bonchev–Trinajstić information content (AvgIpc) is 2.82. The van der Waals surface area contributed by atoms with E-state index in [9.17, 15) is 0 Å². The molecule has 2 aromatic carbocycles. The van der Waals surface area contributed by atoms with Gasteiger partial charge in [0.15, 0.2) is 17.5 Å². The largest absolute Gasteiger partial charge is 0.493 e. The molecule has 1 heterocycles. The second-order valence-electron chi connectivity index (χ2n) is 7.89. The van der Waals surface area contributed by atoms with Crippen molar-refractivity contribution < 1.29 is 9.47 Å². The van der Waals surface area contributed by atoms with E-state index >= 15 is 0 Å². The van der Waals surface area contributed by atoms with Gasteiger partial charge in [-0.2, -0.15) is 0 Å². The van der Waals surface area contributed by atoms with E-state index in [1.54, 1.807) is 14.2 Å². The van der Waals surface area contributed by atoms with Gasteiger partial charge in [-0.15, -0.1) is 24.0 Å². The Kier molecular flexibility index (Phi) is 11.7. The summed E-state index contributed by atoms with van der Waals surface area (Å²) in [5.41, 5.74) is 3.70. The van der Waals surface area contributed by atoms with Gasteiger partial charge in [0.05, 0.1) is 20.8 Å². The topological polar surface area (TPSA) is 58.1 Å². The second kappa shape index (κ2) is 14.2. The first-order chi connectivity index (χ1) is 15.2. The predicted octanol–water partition coefficient (Wildman–Crippen LogP) is 4.56. The number of piperidine rings is 1. The number of likely N-dealkylation sites (tertiary alicyclic amines) is 1. The van der Waals surface area contributed by atoms with Crippen LogP contribution in [0.3, 0.4) is 0 Å². The summed E-state index contributed by atoms with van der Waals surface area (Å²) in [6.07, 6.45) is 4.04. The minimum Gasteiger partial charge on any atom is -0.493 e. The second-order valence-corrected chi connectivity index (χ2v) is 7.89. The number of benzene rings is 2. The Balaban J connectivity index is 0.00000363. The lowest BCUT2D eigenvalue weighted by Gasteiger charge is -2.26. The first-order valence-corrected chi connectivity index (χ1v) is 11.2. The van der Waals surface area contributed by atoms with Crippen LogP contribution in [-0.2, 0) is 19.6 Å². The summed E-state index contributed by atoms with van der Waals surface area (Å²) in [6, 6.07) is 14.8. The fourth-order valence-corrected chi connectivity index (χ4v) is 3.82. The molecule has 1 aliphatic rings. The summed E-state index contributed by atoms with van der Waals surface area (Å²) < 4.78 is 10.7. The highest BCUT2D eigenvalue weighted by molar-refractivity contribution is 14.0. The van der Waals surface area contributed by atoms with E-state index in [2.05, 4.69) is 46.7 Å². The van der Waals surface area contributed by atoms with Crippen molar-refractivity contribution >= 4 is 29.9 Å². The lowest BCUT2D eigenvalue weighted by Crippen LogP contribution is -2.36. The van der Waals surface area contributed by atoms with Crippen molar-refractivity contribution in [3.8, 4) is 11.5 Å². The zero-order valence-corrected chi connectivity index (χ0v) is 21.9. The van der Waals surface area contributed by atoms with Crippen molar-refractivity contribution in [3.63, 3.8) is 0 Å². The zero-order chi connectivity index (χ0) is 21.9. The Morgan fingerprint density at radius 2 is 1.53 bits per heavy atom. The normalized spacial score (nSPS) is 14.4. The Morgan fingerprint density at radius 3 is 2.19 bits per heavy atom. The van der Waals surface area contributed by atoms with E-state index in [1.807, 2.05) is 18.2 Å². The SMILES string of the molecule is CCNC(=NCc1ccc(OC)c(OC)c1)NCc1ccc(CN2CCCCC2)cc1.I. The molecule has 3 rings (SSSR count). The van der Waals surface area contributed by atoms with Crippen molar-refractivity contribution in [1.29, 1.82) is 0 Å². The molecule has 0 aliphatic carbocycles. The van der Waals surface area contributed by atoms with Crippen molar-refractivity contribution in [2.75, 3.05) is 33.9 Å². The lowest BCUT2D eigenvalue weighted by atomic mass is 10.1. The molecule has 0 unspecified atom stereocenters. The molecule has 7 heteroatoms. The highest BCUT2D eigenvalue weighted by Crippen LogP contribution is 2.27. The summed E-state index contributed by atoms with van der Waals surface area (Å²) in [7, 11) is 3.29. The molecular weight excluding hydrogens is 515 g/mol. The van der Waals surface area contributed by atoms with Crippen LogP contribution in [0.25, 0.3) is 0 Å². The first kappa shape index (κ1) is 26.3. The molecule has 1 aliphatic heterocycles. The number of nitrogens with one attached hydrogen (secondary N) is 2. The van der Waals surface area contributed by atoms with Gasteiger partial charge in [-0.3, -0.25) is 4.90 Å². The molecule has 0 radical (unpaired) electrons. The quantitative estimate of drug-likeness (QED) is 0.272. The van der Waals surface area contributed by atoms with Crippen LogP contribution in [0.1, 0.15) is 42.9 Å². The molecule has 176 valence electrons. The first-order valence-electron chi connectivity index (χ1n) is 11.2. The van der Waals surface area contributed by atoms with Crippen LogP contribution in [0.5, 0.6) is 11.5 Å². The molecule has 1 fully saturated rings. The fourth-order valence-electron chi connectivity index (χ4n) is 3.82. The smallest absolute Gasteiger partial charge is 0.191 e. The van der Waals surface area contributed by atoms with Gasteiger partial charge in [0.2, 0.25) is 0 Å². The van der Waals surface area contributed by atoms with Gasteiger partial charge in [-0.25, -0.2) is 4.99 Å². The monoisotopic (exact) mass is 552 g/mol. The molecule has 6 nitrogen and oxygen atoms in total. The molecule has 2 N–H and O–H groups in total. The van der Waals surface area contributed by atoms with Crippen LogP contribution in [0.4, 0.5) is 0 Å². The van der Waals surface area contributed by atoms with Gasteiger partial charge >= 0.3 is 0 Å². The molecular formula is C25H37IN4O2. The number of ether oxygens (including phenoxy) is 2. The molecule has 0 bridgehead atoms. The lowest BCUT2D eigenvalue weighted by molar-refractivity contribution is 0.221. The third kappa shape index (κ3) is 8.16. The van der Waals surface area contributed by atoms with Gasteiger partial charge in [0.1, 0.15) is 0 Å². The van der Waals surface area contributed by atoms with E-state index in [4.69, 9.17) is 14.5 Å². The van der Waals surface area contributed by atoms with Crippen molar-refractivity contribution in [2.45, 2.75) is 45.8 Å². The summed E-state index contributed by atoms with van der Waals surface area (Å²) in [6.45, 7) is 7.70. The molecule has 0 spiro atoms. The van der Waals surface area contributed by atoms with Crippen LogP contribution < -0.4 is 20.1 Å². The third-order valence-electron chi connectivity index (χ3n) is 5.55. The van der Waals surface area contributed by atoms with Gasteiger partial charge in [-0.05, 0) is 61.7 Å². The van der Waals surface area contributed by atoms with Gasteiger partial charge in [0.25, 0.3) is 0 Å². The Morgan fingerprint density at radius 1 is 0.875 bits per heavy atom. The van der Waals surface area contributed by atoms with Crippen molar-refractivity contribution in [2.24, 2.45) is 4.99 Å². The third-order valence-corrected chi connectivity index (χ3v) is 5.55. The Hall–Kier alpha value is -2.00. The standard InChI is InChI=1S/C25H36N4O2.HI/c1-4-26-25(28-18-22-12-13-23(30-2)24(16-22)31-3)27-17-20-8-10-21(11-9-20)19-29-14-6-5-7-15-29;/h8-13,16H,4-7,14-15,17-19H2,1-3H3,(H2,26,27,28);1H. The molecule has 0 aromatic heterocycles. The van der Waals surface area contributed by atoms with Crippen LogP contribution >= 0.6 is 24.0 Å². The molecule has 1 saturated heterocycles. The van der Waals surface area contributed by atoms with E-state index in [1.165, 1.54) is 43.5 Å². The number of hydrogen-bond acceptors (Lipinski definition) is 4. The number of hydrogen-bond donors (Lipinski definition) is 2. The Labute approximate surface area is 209 Å². The zero-order valence-electron chi connectivity index (χ0n) is 19.5. The molecule has 0 amide bonds. The van der Waals surface area contributed by atoms with Crippen LogP contribution in [-0.4, -0.2) is 44.7 Å². The number of halogens is 1. The van der Waals surface area contributed by atoms with Crippen LogP contribution in [0, 0.1) is 0 Å². The predicted molar refractivity (Wildman–Crippen MR) is 142 cm³/mol. The van der Waals surface area contributed by atoms with Crippen molar-refractivity contribution in [1.82, 2.24) is 15.5 Å². The fraction of sp³-hybridized carbons (Fsp3) is 0.480. The van der Waals surface area contributed by atoms with Crippen LogP contribution in [0.2, 0.25) is 0 Å². The maximum Gasteiger partial charge on any atom is 0.191 e. The Bertz CT molecular complexity index is 836. The van der Waals surface area contributed by atoms with E-state index in [-0.39, 0.29) is 24.0 Å². The summed E-state index contributed by atoms with van der Waals surface area (Å²) in [5.74, 6) is 2.25. The molecule has 0 saturated carbocycles. The molecule has 0 atom stereocenters. The molecule has 32 heavy (non-hydrogen) atoms. The number of nitrogens with zero attached hydrogens (tertiary/aromatic N) is 2. The van der Waals surface area contributed by atoms with E-state index in [0.717, 1.165) is 42.7 Å². The van der Waals surface area contributed by atoms with Gasteiger partial charge in [-0.1, -0.05) is 36.8 Å². The van der Waals surface area contributed by atoms with Crippen LogP contribution in [0.15, 0.2) is 47.5 Å². The maximum absolute atomic E-state index is 5.39. The van der Waals surface area contributed by atoms with Crippen molar-refractivity contribution in [3.05, 3.63) is 59.2 Å². The summed E-state index contributed by atoms with van der Waals surface area (Å²) >= 11 is 0. The van der Waals surface area contributed by atoms with E-state index in [0.29, 0.717) is 6.54 Å². The highest BCUT2D eigenvalue weighted by Gasteiger charge is 2.10. The van der Waals surface area contributed by atoms with E-state index < -0.39 is 0 Å². The van der Waals surface area contributed by atoms with Gasteiger partial charge in [0, 0.05) is 19.6 Å². The molecule has 2 aromatic rings. The minimum atomic E-state index is 0. The summed E-state index contributed by atoms with van der Waals surface area (Å²) in [5, 5.41) is 6.75. The number of aliphatic imine (C=N–C) groups is 1.